The Balaban J connectivity index is 1.77. The lowest BCUT2D eigenvalue weighted by Gasteiger charge is -2.08. The molecule has 2 rings (SSSR count). The molecule has 0 saturated heterocycles. The standard InChI is InChI=1S/C13H17BrN2O2/c1-18-12-5-2-9(6-11(12)14)7-16-13(17)8-15-10-3-4-10/h2,5-6,10,15H,3-4,7-8H2,1H3,(H,16,17). The molecular weight excluding hydrogens is 296 g/mol. The quantitative estimate of drug-likeness (QED) is 0.842. The van der Waals surface area contributed by atoms with Crippen molar-refractivity contribution in [3.63, 3.8) is 0 Å². The first-order chi connectivity index (χ1) is 8.69. The van der Waals surface area contributed by atoms with Crippen LogP contribution in [0.15, 0.2) is 22.7 Å². The topological polar surface area (TPSA) is 50.4 Å². The average molecular weight is 313 g/mol. The highest BCUT2D eigenvalue weighted by Gasteiger charge is 2.20. The van der Waals surface area contributed by atoms with E-state index in [9.17, 15) is 4.79 Å². The van der Waals surface area contributed by atoms with E-state index in [4.69, 9.17) is 4.74 Å². The normalized spacial score (nSPS) is 14.3. The maximum Gasteiger partial charge on any atom is 0.234 e. The molecule has 0 bridgehead atoms. The molecule has 0 aliphatic heterocycles. The van der Waals surface area contributed by atoms with E-state index < -0.39 is 0 Å². The summed E-state index contributed by atoms with van der Waals surface area (Å²) in [6, 6.07) is 6.34. The molecular formula is C13H17BrN2O2. The van der Waals surface area contributed by atoms with Crippen molar-refractivity contribution in [3.05, 3.63) is 28.2 Å². The number of amides is 1. The van der Waals surface area contributed by atoms with E-state index in [0.29, 0.717) is 19.1 Å². The number of carbonyl (C=O) groups is 1. The number of nitrogens with one attached hydrogen (secondary N) is 2. The van der Waals surface area contributed by atoms with E-state index >= 15 is 0 Å². The van der Waals surface area contributed by atoms with Gasteiger partial charge in [-0.2, -0.15) is 0 Å². The average Bonchev–Trinajstić information content (AvgIpc) is 3.18. The van der Waals surface area contributed by atoms with Gasteiger partial charge in [0.15, 0.2) is 0 Å². The molecule has 1 aliphatic rings. The monoisotopic (exact) mass is 312 g/mol. The van der Waals surface area contributed by atoms with E-state index in [-0.39, 0.29) is 5.91 Å². The zero-order valence-electron chi connectivity index (χ0n) is 10.3. The van der Waals surface area contributed by atoms with Gasteiger partial charge in [-0.3, -0.25) is 4.79 Å². The summed E-state index contributed by atoms with van der Waals surface area (Å²) in [5, 5.41) is 6.06. The second kappa shape index (κ2) is 6.20. The number of carbonyl (C=O) groups excluding carboxylic acids is 1. The summed E-state index contributed by atoms with van der Waals surface area (Å²) in [7, 11) is 1.63. The van der Waals surface area contributed by atoms with Crippen LogP contribution in [0.2, 0.25) is 0 Å². The van der Waals surface area contributed by atoms with E-state index in [0.717, 1.165) is 15.8 Å². The summed E-state index contributed by atoms with van der Waals surface area (Å²) < 4.78 is 6.05. The first kappa shape index (κ1) is 13.4. The summed E-state index contributed by atoms with van der Waals surface area (Å²) in [6.07, 6.45) is 2.39. The van der Waals surface area contributed by atoms with Crippen molar-refractivity contribution in [3.8, 4) is 5.75 Å². The molecule has 2 N–H and O–H groups in total. The van der Waals surface area contributed by atoms with Gasteiger partial charge in [-0.15, -0.1) is 0 Å². The number of hydrogen-bond acceptors (Lipinski definition) is 3. The largest absolute Gasteiger partial charge is 0.496 e. The van der Waals surface area contributed by atoms with Gasteiger partial charge in [-0.25, -0.2) is 0 Å². The highest BCUT2D eigenvalue weighted by molar-refractivity contribution is 9.10. The van der Waals surface area contributed by atoms with Crippen LogP contribution in [0.1, 0.15) is 18.4 Å². The van der Waals surface area contributed by atoms with Gasteiger partial charge in [-0.1, -0.05) is 6.07 Å². The number of benzene rings is 1. The lowest BCUT2D eigenvalue weighted by atomic mass is 10.2. The van der Waals surface area contributed by atoms with Crippen LogP contribution in [0.3, 0.4) is 0 Å². The van der Waals surface area contributed by atoms with E-state index in [1.807, 2.05) is 18.2 Å². The van der Waals surface area contributed by atoms with Crippen LogP contribution in [-0.2, 0) is 11.3 Å². The fourth-order valence-electron chi connectivity index (χ4n) is 1.61. The molecule has 5 heteroatoms. The third-order valence-corrected chi connectivity index (χ3v) is 3.45. The van der Waals surface area contributed by atoms with Crippen molar-refractivity contribution < 1.29 is 9.53 Å². The predicted octanol–water partition coefficient (Wildman–Crippen LogP) is 1.83. The van der Waals surface area contributed by atoms with Crippen LogP contribution in [0.5, 0.6) is 5.75 Å². The number of rotatable bonds is 6. The predicted molar refractivity (Wildman–Crippen MR) is 73.6 cm³/mol. The minimum atomic E-state index is 0.0360. The van der Waals surface area contributed by atoms with Gasteiger partial charge in [0.1, 0.15) is 5.75 Å². The minimum Gasteiger partial charge on any atom is -0.496 e. The molecule has 1 amide bonds. The zero-order valence-corrected chi connectivity index (χ0v) is 11.9. The third kappa shape index (κ3) is 3.99. The maximum atomic E-state index is 11.5. The Morgan fingerprint density at radius 2 is 2.28 bits per heavy atom. The molecule has 0 unspecified atom stereocenters. The van der Waals surface area contributed by atoms with Crippen LogP contribution in [-0.4, -0.2) is 25.6 Å². The van der Waals surface area contributed by atoms with Crippen molar-refractivity contribution in [2.24, 2.45) is 0 Å². The van der Waals surface area contributed by atoms with Crippen LogP contribution in [0, 0.1) is 0 Å². The van der Waals surface area contributed by atoms with Gasteiger partial charge in [0, 0.05) is 12.6 Å². The molecule has 4 nitrogen and oxygen atoms in total. The van der Waals surface area contributed by atoms with Crippen LogP contribution in [0.4, 0.5) is 0 Å². The number of halogens is 1. The Labute approximate surface area is 115 Å². The van der Waals surface area contributed by atoms with Gasteiger partial charge < -0.3 is 15.4 Å². The van der Waals surface area contributed by atoms with Gasteiger partial charge in [-0.05, 0) is 46.5 Å². The summed E-state index contributed by atoms with van der Waals surface area (Å²) in [6.45, 7) is 0.940. The first-order valence-electron chi connectivity index (χ1n) is 6.01. The molecule has 1 aliphatic carbocycles. The van der Waals surface area contributed by atoms with Crippen LogP contribution >= 0.6 is 15.9 Å². The zero-order chi connectivity index (χ0) is 13.0. The molecule has 0 heterocycles. The number of ether oxygens (including phenoxy) is 1. The first-order valence-corrected chi connectivity index (χ1v) is 6.81. The Morgan fingerprint density at radius 1 is 1.50 bits per heavy atom. The third-order valence-electron chi connectivity index (χ3n) is 2.83. The Kier molecular flexibility index (Phi) is 4.60. The van der Waals surface area contributed by atoms with Crippen molar-refractivity contribution >= 4 is 21.8 Å². The lowest BCUT2D eigenvalue weighted by molar-refractivity contribution is -0.120. The highest BCUT2D eigenvalue weighted by Crippen LogP contribution is 2.25. The minimum absolute atomic E-state index is 0.0360. The molecule has 0 atom stereocenters. The van der Waals surface area contributed by atoms with E-state index in [1.165, 1.54) is 12.8 Å². The highest BCUT2D eigenvalue weighted by atomic mass is 79.9. The Hall–Kier alpha value is -1.07. The second-order valence-corrected chi connectivity index (χ2v) is 5.26. The molecule has 18 heavy (non-hydrogen) atoms. The second-order valence-electron chi connectivity index (χ2n) is 4.40. The van der Waals surface area contributed by atoms with Crippen LogP contribution in [0.25, 0.3) is 0 Å². The number of methoxy groups -OCH3 is 1. The van der Waals surface area contributed by atoms with E-state index in [1.54, 1.807) is 7.11 Å². The Morgan fingerprint density at radius 3 is 2.89 bits per heavy atom. The molecule has 1 aromatic carbocycles. The van der Waals surface area contributed by atoms with E-state index in [2.05, 4.69) is 26.6 Å². The summed E-state index contributed by atoms with van der Waals surface area (Å²) >= 11 is 3.42. The molecule has 0 spiro atoms. The fourth-order valence-corrected chi connectivity index (χ4v) is 2.20. The van der Waals surface area contributed by atoms with Crippen molar-refractivity contribution in [2.75, 3.05) is 13.7 Å². The molecule has 0 radical (unpaired) electrons. The van der Waals surface area contributed by atoms with Crippen LogP contribution < -0.4 is 15.4 Å². The molecule has 1 saturated carbocycles. The summed E-state index contributed by atoms with van der Waals surface area (Å²) in [5.41, 5.74) is 1.04. The molecule has 98 valence electrons. The SMILES string of the molecule is COc1ccc(CNC(=O)CNC2CC2)cc1Br. The number of hydrogen-bond donors (Lipinski definition) is 2. The van der Waals surface area contributed by atoms with Crippen molar-refractivity contribution in [2.45, 2.75) is 25.4 Å². The molecule has 0 aromatic heterocycles. The molecule has 1 aromatic rings. The lowest BCUT2D eigenvalue weighted by Crippen LogP contribution is -2.34. The smallest absolute Gasteiger partial charge is 0.234 e. The summed E-state index contributed by atoms with van der Waals surface area (Å²) in [5.74, 6) is 0.828. The molecule has 1 fully saturated rings. The van der Waals surface area contributed by atoms with Crippen molar-refractivity contribution in [1.82, 2.24) is 10.6 Å². The van der Waals surface area contributed by atoms with Gasteiger partial charge in [0.25, 0.3) is 0 Å². The summed E-state index contributed by atoms with van der Waals surface area (Å²) in [4.78, 5) is 11.5. The van der Waals surface area contributed by atoms with Gasteiger partial charge in [0.2, 0.25) is 5.91 Å². The van der Waals surface area contributed by atoms with Gasteiger partial charge in [0.05, 0.1) is 18.1 Å². The fraction of sp³-hybridized carbons (Fsp3) is 0.462. The maximum absolute atomic E-state index is 11.5. The van der Waals surface area contributed by atoms with Gasteiger partial charge >= 0.3 is 0 Å². The Bertz CT molecular complexity index is 433. The van der Waals surface area contributed by atoms with Crippen molar-refractivity contribution in [1.29, 1.82) is 0 Å².